The van der Waals surface area contributed by atoms with Crippen molar-refractivity contribution in [2.24, 2.45) is 0 Å². The molecule has 9 nitrogen and oxygen atoms in total. The van der Waals surface area contributed by atoms with E-state index in [1.807, 2.05) is 53.4 Å². The minimum Gasteiger partial charge on any atom is -0.370 e. The van der Waals surface area contributed by atoms with Gasteiger partial charge in [-0.2, -0.15) is 0 Å². The molecule has 0 bridgehead atoms. The molecule has 170 valence electrons. The zero-order valence-electron chi connectivity index (χ0n) is 18.3. The minimum atomic E-state index is -0.592. The van der Waals surface area contributed by atoms with Crippen LogP contribution in [0, 0.1) is 0 Å². The number of fused-ring (bicyclic) bond motifs is 2. The monoisotopic (exact) mass is 446 g/mol. The maximum atomic E-state index is 12.9. The van der Waals surface area contributed by atoms with E-state index in [1.54, 1.807) is 4.68 Å². The van der Waals surface area contributed by atoms with Crippen LogP contribution in [-0.2, 0) is 16.1 Å². The van der Waals surface area contributed by atoms with Crippen molar-refractivity contribution >= 4 is 28.5 Å². The van der Waals surface area contributed by atoms with E-state index < -0.39 is 5.66 Å². The SMILES string of the molecule is O=C1NC2(COC3(CCN(C(=O)CCn4nnc5ccccc54)CC3)C2)Nc2ccccc21. The predicted octanol–water partition coefficient (Wildman–Crippen LogP) is 2.15. The molecule has 2 fully saturated rings. The number of piperidine rings is 1. The summed E-state index contributed by atoms with van der Waals surface area (Å²) in [6, 6.07) is 15.3. The fraction of sp³-hybridized carbons (Fsp3) is 0.417. The number of aromatic nitrogens is 3. The zero-order valence-corrected chi connectivity index (χ0v) is 18.3. The second kappa shape index (κ2) is 7.55. The molecule has 33 heavy (non-hydrogen) atoms. The van der Waals surface area contributed by atoms with Crippen molar-refractivity contribution in [3.05, 3.63) is 54.1 Å². The van der Waals surface area contributed by atoms with Crippen LogP contribution < -0.4 is 10.6 Å². The van der Waals surface area contributed by atoms with Gasteiger partial charge in [-0.3, -0.25) is 9.59 Å². The van der Waals surface area contributed by atoms with E-state index in [1.165, 1.54) is 0 Å². The van der Waals surface area contributed by atoms with Gasteiger partial charge in [-0.25, -0.2) is 4.68 Å². The Morgan fingerprint density at radius 3 is 2.73 bits per heavy atom. The quantitative estimate of drug-likeness (QED) is 0.639. The lowest BCUT2D eigenvalue weighted by Crippen LogP contribution is -2.59. The van der Waals surface area contributed by atoms with E-state index in [9.17, 15) is 9.59 Å². The summed E-state index contributed by atoms with van der Waals surface area (Å²) < 4.78 is 8.09. The highest BCUT2D eigenvalue weighted by atomic mass is 16.5. The van der Waals surface area contributed by atoms with Crippen LogP contribution in [0.5, 0.6) is 0 Å². The van der Waals surface area contributed by atoms with Gasteiger partial charge in [0.05, 0.1) is 29.8 Å². The Morgan fingerprint density at radius 1 is 1.06 bits per heavy atom. The first kappa shape index (κ1) is 20.2. The summed E-state index contributed by atoms with van der Waals surface area (Å²) in [5.41, 5.74) is 2.36. The van der Waals surface area contributed by atoms with Gasteiger partial charge in [0, 0.05) is 31.6 Å². The van der Waals surface area contributed by atoms with Crippen molar-refractivity contribution < 1.29 is 14.3 Å². The number of carbonyl (C=O) groups is 2. The van der Waals surface area contributed by atoms with Crippen LogP contribution in [0.1, 0.15) is 36.0 Å². The van der Waals surface area contributed by atoms with E-state index in [2.05, 4.69) is 20.9 Å². The first-order valence-corrected chi connectivity index (χ1v) is 11.4. The van der Waals surface area contributed by atoms with Crippen LogP contribution in [0.25, 0.3) is 11.0 Å². The third kappa shape index (κ3) is 3.52. The summed E-state index contributed by atoms with van der Waals surface area (Å²) in [5.74, 6) is 0.0495. The number of nitrogens with one attached hydrogen (secondary N) is 2. The van der Waals surface area contributed by atoms with Gasteiger partial charge in [0.2, 0.25) is 5.91 Å². The normalized spacial score (nSPS) is 23.5. The summed E-state index contributed by atoms with van der Waals surface area (Å²) in [6.45, 7) is 2.23. The van der Waals surface area contributed by atoms with E-state index >= 15 is 0 Å². The van der Waals surface area contributed by atoms with Gasteiger partial charge in [-0.1, -0.05) is 29.5 Å². The summed E-state index contributed by atoms with van der Waals surface area (Å²) in [6.07, 6.45) is 2.59. The van der Waals surface area contributed by atoms with Crippen LogP contribution in [0.3, 0.4) is 0 Å². The zero-order chi connectivity index (χ0) is 22.5. The summed E-state index contributed by atoms with van der Waals surface area (Å²) in [7, 11) is 0. The van der Waals surface area contributed by atoms with E-state index in [0.717, 1.165) is 29.6 Å². The molecule has 6 rings (SSSR count). The van der Waals surface area contributed by atoms with Crippen molar-refractivity contribution in [1.82, 2.24) is 25.2 Å². The van der Waals surface area contributed by atoms with Gasteiger partial charge in [-0.05, 0) is 37.1 Å². The Labute approximate surface area is 191 Å². The first-order chi connectivity index (χ1) is 16.0. The largest absolute Gasteiger partial charge is 0.370 e. The lowest BCUT2D eigenvalue weighted by Gasteiger charge is -2.41. The Balaban J connectivity index is 1.07. The van der Waals surface area contributed by atoms with Gasteiger partial charge in [0.25, 0.3) is 5.91 Å². The Kier molecular flexibility index (Phi) is 4.62. The number of amides is 2. The lowest BCUT2D eigenvalue weighted by atomic mass is 9.84. The molecule has 2 spiro atoms. The number of ether oxygens (including phenoxy) is 1. The molecular weight excluding hydrogens is 420 g/mol. The molecule has 3 aliphatic rings. The van der Waals surface area contributed by atoms with Crippen LogP contribution in [0.15, 0.2) is 48.5 Å². The molecule has 0 saturated carbocycles. The minimum absolute atomic E-state index is 0.0711. The standard InChI is InChI=1S/C24H26N6O3/c31-21(9-12-30-20-8-4-3-7-19(20)27-28-30)29-13-10-23(11-14-29)15-24(16-33-23)25-18-6-2-1-5-17(18)22(32)26-24/h1-8,25H,9-16H2,(H,26,32). The average molecular weight is 447 g/mol. The second-order valence-electron chi connectivity index (χ2n) is 9.29. The maximum Gasteiger partial charge on any atom is 0.255 e. The van der Waals surface area contributed by atoms with E-state index in [0.29, 0.717) is 44.6 Å². The van der Waals surface area contributed by atoms with Gasteiger partial charge in [-0.15, -0.1) is 5.10 Å². The van der Waals surface area contributed by atoms with E-state index in [4.69, 9.17) is 4.74 Å². The Hall–Kier alpha value is -3.46. The first-order valence-electron chi connectivity index (χ1n) is 11.4. The fourth-order valence-electron chi connectivity index (χ4n) is 5.38. The third-order valence-electron chi connectivity index (χ3n) is 7.13. The topological polar surface area (TPSA) is 101 Å². The van der Waals surface area contributed by atoms with Crippen LogP contribution in [0.4, 0.5) is 5.69 Å². The molecule has 9 heteroatoms. The molecule has 3 aromatic rings. The van der Waals surface area contributed by atoms with Crippen molar-refractivity contribution in [2.75, 3.05) is 25.0 Å². The number of anilines is 1. The molecule has 2 aromatic carbocycles. The average Bonchev–Trinajstić information content (AvgIpc) is 3.39. The van der Waals surface area contributed by atoms with Crippen molar-refractivity contribution in [2.45, 2.75) is 43.5 Å². The molecule has 2 saturated heterocycles. The Bertz CT molecular complexity index is 1230. The molecule has 2 N–H and O–H groups in total. The number of para-hydroxylation sites is 2. The number of benzene rings is 2. The number of nitrogens with zero attached hydrogens (tertiary/aromatic N) is 4. The molecule has 1 aromatic heterocycles. The molecule has 2 amide bonds. The van der Waals surface area contributed by atoms with Crippen LogP contribution >= 0.6 is 0 Å². The number of rotatable bonds is 3. The summed E-state index contributed by atoms with van der Waals surface area (Å²) in [5, 5.41) is 15.0. The van der Waals surface area contributed by atoms with Crippen molar-refractivity contribution in [3.63, 3.8) is 0 Å². The maximum absolute atomic E-state index is 12.9. The number of hydrogen-bond acceptors (Lipinski definition) is 6. The molecular formula is C24H26N6O3. The molecule has 1 atom stereocenters. The number of aryl methyl sites for hydroxylation is 1. The Morgan fingerprint density at radius 2 is 1.85 bits per heavy atom. The molecule has 0 aliphatic carbocycles. The summed E-state index contributed by atoms with van der Waals surface area (Å²) in [4.78, 5) is 27.4. The van der Waals surface area contributed by atoms with Crippen LogP contribution in [-0.4, -0.2) is 62.7 Å². The highest BCUT2D eigenvalue weighted by molar-refractivity contribution is 6.02. The molecule has 3 aliphatic heterocycles. The highest BCUT2D eigenvalue weighted by Crippen LogP contribution is 2.42. The van der Waals surface area contributed by atoms with Crippen molar-refractivity contribution in [3.8, 4) is 0 Å². The van der Waals surface area contributed by atoms with Crippen molar-refractivity contribution in [1.29, 1.82) is 0 Å². The molecule has 0 radical (unpaired) electrons. The van der Waals surface area contributed by atoms with Crippen LogP contribution in [0.2, 0.25) is 0 Å². The predicted molar refractivity (Wildman–Crippen MR) is 122 cm³/mol. The van der Waals surface area contributed by atoms with E-state index in [-0.39, 0.29) is 17.4 Å². The molecule has 1 unspecified atom stereocenters. The molecule has 4 heterocycles. The second-order valence-corrected chi connectivity index (χ2v) is 9.29. The summed E-state index contributed by atoms with van der Waals surface area (Å²) >= 11 is 0. The number of hydrogen-bond donors (Lipinski definition) is 2. The van der Waals surface area contributed by atoms with Gasteiger partial charge in [0.1, 0.15) is 11.2 Å². The highest BCUT2D eigenvalue weighted by Gasteiger charge is 2.53. The van der Waals surface area contributed by atoms with Gasteiger partial charge in [0.15, 0.2) is 0 Å². The number of likely N-dealkylation sites (tertiary alicyclic amines) is 1. The van der Waals surface area contributed by atoms with Gasteiger partial charge >= 0.3 is 0 Å². The third-order valence-corrected chi connectivity index (χ3v) is 7.13. The number of carbonyl (C=O) groups excluding carboxylic acids is 2. The lowest BCUT2D eigenvalue weighted by molar-refractivity contribution is -0.136. The smallest absolute Gasteiger partial charge is 0.255 e. The van der Waals surface area contributed by atoms with Gasteiger partial charge < -0.3 is 20.3 Å². The fourth-order valence-corrected chi connectivity index (χ4v) is 5.38.